The van der Waals surface area contributed by atoms with E-state index in [4.69, 9.17) is 10.9 Å². The van der Waals surface area contributed by atoms with E-state index in [9.17, 15) is 0 Å². The molecule has 0 atom stereocenters. The number of anilines is 1. The van der Waals surface area contributed by atoms with E-state index < -0.39 is 0 Å². The van der Waals surface area contributed by atoms with Gasteiger partial charge in [0, 0.05) is 25.3 Å². The number of hydrazine groups is 1. The zero-order valence-corrected chi connectivity index (χ0v) is 9.26. The first-order valence-corrected chi connectivity index (χ1v) is 5.60. The highest BCUT2D eigenvalue weighted by atomic mass is 16.3. The fourth-order valence-electron chi connectivity index (χ4n) is 1.80. The Morgan fingerprint density at radius 1 is 1.50 bits per heavy atom. The molecule has 16 heavy (non-hydrogen) atoms. The van der Waals surface area contributed by atoms with Crippen molar-refractivity contribution in [1.82, 2.24) is 9.88 Å². The van der Waals surface area contributed by atoms with Crippen molar-refractivity contribution in [3.8, 4) is 0 Å². The number of hydrogen-bond donors (Lipinski definition) is 3. The Labute approximate surface area is 95.2 Å². The molecule has 1 saturated carbocycles. The molecule has 1 fully saturated rings. The van der Waals surface area contributed by atoms with Crippen molar-refractivity contribution in [2.45, 2.75) is 25.4 Å². The van der Waals surface area contributed by atoms with Crippen LogP contribution in [0.25, 0.3) is 0 Å². The molecule has 1 aromatic heterocycles. The average molecular weight is 222 g/mol. The summed E-state index contributed by atoms with van der Waals surface area (Å²) in [5.41, 5.74) is 3.66. The lowest BCUT2D eigenvalue weighted by Crippen LogP contribution is -2.28. The molecule has 1 heterocycles. The largest absolute Gasteiger partial charge is 0.395 e. The van der Waals surface area contributed by atoms with Crippen molar-refractivity contribution >= 4 is 5.82 Å². The number of aromatic nitrogens is 1. The van der Waals surface area contributed by atoms with Crippen LogP contribution in [0.3, 0.4) is 0 Å². The van der Waals surface area contributed by atoms with E-state index in [-0.39, 0.29) is 6.61 Å². The Hall–Kier alpha value is -1.17. The molecule has 88 valence electrons. The smallest absolute Gasteiger partial charge is 0.139 e. The molecule has 0 aliphatic heterocycles. The van der Waals surface area contributed by atoms with Crippen LogP contribution in [0, 0.1) is 0 Å². The van der Waals surface area contributed by atoms with Crippen LogP contribution in [0.4, 0.5) is 5.82 Å². The number of nitrogens with zero attached hydrogens (tertiary/aromatic N) is 2. The van der Waals surface area contributed by atoms with Crippen molar-refractivity contribution in [2.24, 2.45) is 5.84 Å². The van der Waals surface area contributed by atoms with Gasteiger partial charge >= 0.3 is 0 Å². The van der Waals surface area contributed by atoms with E-state index in [0.717, 1.165) is 18.7 Å². The van der Waals surface area contributed by atoms with Crippen LogP contribution in [-0.2, 0) is 6.54 Å². The lowest BCUT2D eigenvalue weighted by molar-refractivity contribution is 0.183. The Bertz CT molecular complexity index is 323. The summed E-state index contributed by atoms with van der Waals surface area (Å²) >= 11 is 0. The van der Waals surface area contributed by atoms with Crippen LogP contribution in [0.2, 0.25) is 0 Å². The summed E-state index contributed by atoms with van der Waals surface area (Å²) in [5.74, 6) is 5.92. The minimum Gasteiger partial charge on any atom is -0.395 e. The third kappa shape index (κ3) is 2.91. The number of pyridine rings is 1. The monoisotopic (exact) mass is 222 g/mol. The molecule has 4 N–H and O–H groups in total. The Morgan fingerprint density at radius 3 is 2.81 bits per heavy atom. The van der Waals surface area contributed by atoms with Crippen LogP contribution in [0.1, 0.15) is 18.4 Å². The van der Waals surface area contributed by atoms with Crippen molar-refractivity contribution < 1.29 is 5.11 Å². The van der Waals surface area contributed by atoms with Crippen LogP contribution in [0.5, 0.6) is 0 Å². The van der Waals surface area contributed by atoms with Crippen molar-refractivity contribution in [3.63, 3.8) is 0 Å². The van der Waals surface area contributed by atoms with Crippen molar-refractivity contribution in [2.75, 3.05) is 18.6 Å². The van der Waals surface area contributed by atoms with Gasteiger partial charge < -0.3 is 10.5 Å². The summed E-state index contributed by atoms with van der Waals surface area (Å²) in [6.07, 6.45) is 4.31. The van der Waals surface area contributed by atoms with Crippen LogP contribution in [0.15, 0.2) is 18.3 Å². The highest BCUT2D eigenvalue weighted by molar-refractivity contribution is 5.33. The van der Waals surface area contributed by atoms with Crippen LogP contribution < -0.4 is 11.3 Å². The second-order valence-corrected chi connectivity index (χ2v) is 4.12. The van der Waals surface area contributed by atoms with Gasteiger partial charge in [0.1, 0.15) is 5.82 Å². The first kappa shape index (κ1) is 11.3. The third-order valence-electron chi connectivity index (χ3n) is 2.81. The van der Waals surface area contributed by atoms with Gasteiger partial charge in [0.2, 0.25) is 0 Å². The van der Waals surface area contributed by atoms with Gasteiger partial charge in [-0.05, 0) is 24.5 Å². The number of nitrogens with two attached hydrogens (primary N) is 1. The Kier molecular flexibility index (Phi) is 3.71. The third-order valence-corrected chi connectivity index (χ3v) is 2.81. The first-order chi connectivity index (χ1) is 7.83. The van der Waals surface area contributed by atoms with E-state index in [1.54, 1.807) is 0 Å². The van der Waals surface area contributed by atoms with E-state index >= 15 is 0 Å². The summed E-state index contributed by atoms with van der Waals surface area (Å²) in [6.45, 7) is 1.80. The van der Waals surface area contributed by atoms with Gasteiger partial charge in [-0.1, -0.05) is 6.07 Å². The minimum atomic E-state index is 0.215. The molecule has 1 aliphatic carbocycles. The molecule has 0 saturated heterocycles. The fraction of sp³-hybridized carbons (Fsp3) is 0.545. The molecule has 0 radical (unpaired) electrons. The predicted octanol–water partition coefficient (Wildman–Crippen LogP) is 0.324. The molecule has 1 aromatic rings. The van der Waals surface area contributed by atoms with E-state index in [1.807, 2.05) is 18.3 Å². The highest BCUT2D eigenvalue weighted by Gasteiger charge is 2.28. The molecular formula is C11H18N4O. The molecule has 5 nitrogen and oxygen atoms in total. The van der Waals surface area contributed by atoms with E-state index in [0.29, 0.717) is 11.9 Å². The maximum atomic E-state index is 8.99. The van der Waals surface area contributed by atoms with Gasteiger partial charge in [-0.15, -0.1) is 0 Å². The maximum absolute atomic E-state index is 8.99. The molecule has 2 rings (SSSR count). The summed E-state index contributed by atoms with van der Waals surface area (Å²) in [7, 11) is 0. The number of hydrogen-bond acceptors (Lipinski definition) is 5. The minimum absolute atomic E-state index is 0.215. The number of aliphatic hydroxyl groups is 1. The Balaban J connectivity index is 1.94. The van der Waals surface area contributed by atoms with Gasteiger partial charge in [-0.2, -0.15) is 0 Å². The highest BCUT2D eigenvalue weighted by Crippen LogP contribution is 2.27. The van der Waals surface area contributed by atoms with Gasteiger partial charge in [0.15, 0.2) is 0 Å². The second-order valence-electron chi connectivity index (χ2n) is 4.12. The van der Waals surface area contributed by atoms with Crippen molar-refractivity contribution in [1.29, 1.82) is 0 Å². The van der Waals surface area contributed by atoms with E-state index in [2.05, 4.69) is 15.3 Å². The SMILES string of the molecule is NNc1ccc(CN(CCO)C2CC2)cn1. The number of rotatable bonds is 6. The zero-order valence-electron chi connectivity index (χ0n) is 9.26. The van der Waals surface area contributed by atoms with Gasteiger partial charge in [-0.3, -0.25) is 4.90 Å². The lowest BCUT2D eigenvalue weighted by atomic mass is 10.2. The second kappa shape index (κ2) is 5.25. The summed E-state index contributed by atoms with van der Waals surface area (Å²) in [6, 6.07) is 4.52. The van der Waals surface area contributed by atoms with Crippen LogP contribution >= 0.6 is 0 Å². The first-order valence-electron chi connectivity index (χ1n) is 5.60. The van der Waals surface area contributed by atoms with Gasteiger partial charge in [-0.25, -0.2) is 10.8 Å². The molecule has 1 aliphatic rings. The number of nitrogen functional groups attached to an aromatic ring is 1. The van der Waals surface area contributed by atoms with Crippen LogP contribution in [-0.4, -0.2) is 34.2 Å². The fourth-order valence-corrected chi connectivity index (χ4v) is 1.80. The molecule has 0 amide bonds. The quantitative estimate of drug-likeness (QED) is 0.477. The summed E-state index contributed by atoms with van der Waals surface area (Å²) in [4.78, 5) is 6.46. The molecule has 0 unspecified atom stereocenters. The average Bonchev–Trinajstić information content (AvgIpc) is 3.13. The van der Waals surface area contributed by atoms with Crippen molar-refractivity contribution in [3.05, 3.63) is 23.9 Å². The molecule has 0 spiro atoms. The topological polar surface area (TPSA) is 74.4 Å². The summed E-state index contributed by atoms with van der Waals surface area (Å²) in [5, 5.41) is 8.99. The normalized spacial score (nSPS) is 15.4. The molecular weight excluding hydrogens is 204 g/mol. The van der Waals surface area contributed by atoms with Gasteiger partial charge in [0.25, 0.3) is 0 Å². The number of nitrogens with one attached hydrogen (secondary N) is 1. The molecule has 0 aromatic carbocycles. The molecule has 5 heteroatoms. The standard InChI is InChI=1S/C11H18N4O/c12-14-11-4-1-9(7-13-11)8-15(5-6-16)10-2-3-10/h1,4,7,10,16H,2-3,5-6,8,12H2,(H,13,14). The summed E-state index contributed by atoms with van der Waals surface area (Å²) < 4.78 is 0. The van der Waals surface area contributed by atoms with Gasteiger partial charge in [0.05, 0.1) is 6.61 Å². The lowest BCUT2D eigenvalue weighted by Gasteiger charge is -2.20. The van der Waals surface area contributed by atoms with E-state index in [1.165, 1.54) is 12.8 Å². The Morgan fingerprint density at radius 2 is 2.31 bits per heavy atom. The zero-order chi connectivity index (χ0) is 11.4. The predicted molar refractivity (Wildman–Crippen MR) is 62.6 cm³/mol. The maximum Gasteiger partial charge on any atom is 0.139 e. The molecule has 0 bridgehead atoms. The number of aliphatic hydroxyl groups excluding tert-OH is 1.